The van der Waals surface area contributed by atoms with Crippen molar-refractivity contribution in [3.8, 4) is 0 Å². The first kappa shape index (κ1) is 12.9. The van der Waals surface area contributed by atoms with Crippen LogP contribution in [0, 0.1) is 0 Å². The van der Waals surface area contributed by atoms with Gasteiger partial charge in [-0.25, -0.2) is 9.78 Å². The molecule has 4 heteroatoms. The van der Waals surface area contributed by atoms with E-state index in [0.717, 1.165) is 25.2 Å². The molecule has 2 heterocycles. The van der Waals surface area contributed by atoms with Crippen molar-refractivity contribution in [2.75, 3.05) is 11.4 Å². The number of rotatable bonds is 2. The second kappa shape index (κ2) is 4.96. The largest absolute Gasteiger partial charge is 0.458 e. The van der Waals surface area contributed by atoms with Crippen LogP contribution in [-0.2, 0) is 9.53 Å². The van der Waals surface area contributed by atoms with E-state index in [9.17, 15) is 4.79 Å². The van der Waals surface area contributed by atoms with Crippen LogP contribution in [0.25, 0.3) is 0 Å². The summed E-state index contributed by atoms with van der Waals surface area (Å²) in [5, 5.41) is 0. The number of hydrogen-bond acceptors (Lipinski definition) is 4. The first-order valence-electron chi connectivity index (χ1n) is 6.38. The summed E-state index contributed by atoms with van der Waals surface area (Å²) in [5.41, 5.74) is -0.435. The van der Waals surface area contributed by atoms with Gasteiger partial charge in [0.15, 0.2) is 0 Å². The Balaban J connectivity index is 2.11. The van der Waals surface area contributed by atoms with Gasteiger partial charge < -0.3 is 9.64 Å². The molecule has 18 heavy (non-hydrogen) atoms. The molecule has 2 rings (SSSR count). The van der Waals surface area contributed by atoms with E-state index in [4.69, 9.17) is 4.74 Å². The van der Waals surface area contributed by atoms with Gasteiger partial charge in [-0.15, -0.1) is 0 Å². The van der Waals surface area contributed by atoms with Crippen LogP contribution in [0.3, 0.4) is 0 Å². The van der Waals surface area contributed by atoms with Gasteiger partial charge in [0, 0.05) is 12.7 Å². The average molecular weight is 248 g/mol. The fourth-order valence-corrected chi connectivity index (χ4v) is 2.18. The van der Waals surface area contributed by atoms with E-state index < -0.39 is 5.60 Å². The maximum absolute atomic E-state index is 12.2. The molecule has 4 nitrogen and oxygen atoms in total. The van der Waals surface area contributed by atoms with E-state index >= 15 is 0 Å². The van der Waals surface area contributed by atoms with Gasteiger partial charge in [-0.05, 0) is 45.7 Å². The van der Waals surface area contributed by atoms with Crippen molar-refractivity contribution in [3.05, 3.63) is 24.4 Å². The molecule has 0 unspecified atom stereocenters. The highest BCUT2D eigenvalue weighted by Gasteiger charge is 2.34. The smallest absolute Gasteiger partial charge is 0.329 e. The van der Waals surface area contributed by atoms with Crippen molar-refractivity contribution in [3.63, 3.8) is 0 Å². The Kier molecular flexibility index (Phi) is 3.55. The van der Waals surface area contributed by atoms with E-state index in [0.29, 0.717) is 0 Å². The molecule has 1 saturated heterocycles. The summed E-state index contributed by atoms with van der Waals surface area (Å²) in [6.45, 7) is 6.54. The molecule has 0 aromatic carbocycles. The highest BCUT2D eigenvalue weighted by Crippen LogP contribution is 2.25. The molecular formula is C14H20N2O2. The Labute approximate surface area is 108 Å². The maximum atomic E-state index is 12.2. The molecule has 0 aliphatic carbocycles. The zero-order chi connectivity index (χ0) is 13.2. The molecule has 0 saturated carbocycles. The number of carbonyl (C=O) groups excluding carboxylic acids is 1. The number of nitrogens with zero attached hydrogens (tertiary/aromatic N) is 2. The van der Waals surface area contributed by atoms with Crippen molar-refractivity contribution in [2.45, 2.75) is 45.3 Å². The predicted octanol–water partition coefficient (Wildman–Crippen LogP) is 2.39. The molecule has 0 radical (unpaired) electrons. The Morgan fingerprint density at radius 2 is 2.22 bits per heavy atom. The van der Waals surface area contributed by atoms with E-state index in [-0.39, 0.29) is 12.0 Å². The summed E-state index contributed by atoms with van der Waals surface area (Å²) in [4.78, 5) is 18.5. The molecule has 1 aromatic rings. The topological polar surface area (TPSA) is 42.4 Å². The van der Waals surface area contributed by atoms with E-state index in [1.54, 1.807) is 6.20 Å². The lowest BCUT2D eigenvalue weighted by atomic mass is 10.1. The quantitative estimate of drug-likeness (QED) is 0.754. The predicted molar refractivity (Wildman–Crippen MR) is 70.5 cm³/mol. The maximum Gasteiger partial charge on any atom is 0.329 e. The van der Waals surface area contributed by atoms with E-state index in [1.807, 2.05) is 43.9 Å². The van der Waals surface area contributed by atoms with Crippen molar-refractivity contribution in [1.29, 1.82) is 0 Å². The normalized spacial score (nSPS) is 19.9. The summed E-state index contributed by atoms with van der Waals surface area (Å²) in [6, 6.07) is 5.55. The average Bonchev–Trinajstić information content (AvgIpc) is 2.76. The van der Waals surface area contributed by atoms with Gasteiger partial charge in [-0.1, -0.05) is 6.07 Å². The molecule has 0 amide bonds. The van der Waals surface area contributed by atoms with Crippen LogP contribution in [0.5, 0.6) is 0 Å². The minimum atomic E-state index is -0.435. The summed E-state index contributed by atoms with van der Waals surface area (Å²) in [5.74, 6) is 0.705. The van der Waals surface area contributed by atoms with Crippen LogP contribution in [0.1, 0.15) is 33.6 Å². The lowest BCUT2D eigenvalue weighted by molar-refractivity contribution is -0.156. The highest BCUT2D eigenvalue weighted by molar-refractivity contribution is 5.80. The molecular weight excluding hydrogens is 228 g/mol. The zero-order valence-electron chi connectivity index (χ0n) is 11.2. The van der Waals surface area contributed by atoms with Gasteiger partial charge in [0.2, 0.25) is 0 Å². The van der Waals surface area contributed by atoms with Crippen LogP contribution in [-0.4, -0.2) is 29.1 Å². The van der Waals surface area contributed by atoms with Gasteiger partial charge in [-0.2, -0.15) is 0 Å². The minimum Gasteiger partial charge on any atom is -0.458 e. The summed E-state index contributed by atoms with van der Waals surface area (Å²) in [7, 11) is 0. The van der Waals surface area contributed by atoms with Crippen molar-refractivity contribution in [1.82, 2.24) is 4.98 Å². The molecule has 98 valence electrons. The number of hydrogen-bond donors (Lipinski definition) is 0. The van der Waals surface area contributed by atoms with Crippen LogP contribution in [0.15, 0.2) is 24.4 Å². The molecule has 1 aliphatic heterocycles. The minimum absolute atomic E-state index is 0.148. The van der Waals surface area contributed by atoms with Crippen molar-refractivity contribution >= 4 is 11.8 Å². The molecule has 0 spiro atoms. The van der Waals surface area contributed by atoms with Crippen LogP contribution in [0.2, 0.25) is 0 Å². The summed E-state index contributed by atoms with van der Waals surface area (Å²) in [6.07, 6.45) is 3.59. The molecule has 1 aromatic heterocycles. The fraction of sp³-hybridized carbons (Fsp3) is 0.571. The first-order chi connectivity index (χ1) is 8.47. The third-order valence-electron chi connectivity index (χ3n) is 2.88. The second-order valence-corrected chi connectivity index (χ2v) is 5.57. The SMILES string of the molecule is CC(C)(C)OC(=O)[C@@H]1CCCN1c1ccccn1. The number of anilines is 1. The Morgan fingerprint density at radius 3 is 2.83 bits per heavy atom. The van der Waals surface area contributed by atoms with Gasteiger partial charge in [0.05, 0.1) is 0 Å². The van der Waals surface area contributed by atoms with E-state index in [1.165, 1.54) is 0 Å². The van der Waals surface area contributed by atoms with E-state index in [2.05, 4.69) is 4.98 Å². The lowest BCUT2D eigenvalue weighted by Gasteiger charge is -2.27. The first-order valence-corrected chi connectivity index (χ1v) is 6.38. The Bertz CT molecular complexity index is 412. The second-order valence-electron chi connectivity index (χ2n) is 5.57. The fourth-order valence-electron chi connectivity index (χ4n) is 2.18. The summed E-state index contributed by atoms with van der Waals surface area (Å²) < 4.78 is 5.46. The third kappa shape index (κ3) is 3.00. The Morgan fingerprint density at radius 1 is 1.44 bits per heavy atom. The van der Waals surface area contributed by atoms with Gasteiger partial charge in [0.1, 0.15) is 17.5 Å². The number of ether oxygens (including phenoxy) is 1. The molecule has 1 atom stereocenters. The van der Waals surface area contributed by atoms with Crippen LogP contribution in [0.4, 0.5) is 5.82 Å². The standard InChI is InChI=1S/C14H20N2O2/c1-14(2,3)18-13(17)11-7-6-10-16(11)12-8-4-5-9-15-12/h4-5,8-9,11H,6-7,10H2,1-3H3/t11-/m0/s1. The molecule has 1 fully saturated rings. The van der Waals surface area contributed by atoms with Gasteiger partial charge in [0.25, 0.3) is 0 Å². The lowest BCUT2D eigenvalue weighted by Crippen LogP contribution is -2.40. The van der Waals surface area contributed by atoms with Crippen LogP contribution >= 0.6 is 0 Å². The van der Waals surface area contributed by atoms with Crippen LogP contribution < -0.4 is 4.90 Å². The van der Waals surface area contributed by atoms with Crippen molar-refractivity contribution < 1.29 is 9.53 Å². The Hall–Kier alpha value is -1.58. The molecule has 0 N–H and O–H groups in total. The summed E-state index contributed by atoms with van der Waals surface area (Å²) >= 11 is 0. The van der Waals surface area contributed by atoms with Crippen molar-refractivity contribution in [2.24, 2.45) is 0 Å². The number of esters is 1. The molecule has 0 bridgehead atoms. The zero-order valence-corrected chi connectivity index (χ0v) is 11.2. The number of aromatic nitrogens is 1. The third-order valence-corrected chi connectivity index (χ3v) is 2.88. The monoisotopic (exact) mass is 248 g/mol. The highest BCUT2D eigenvalue weighted by atomic mass is 16.6. The number of carbonyl (C=O) groups is 1. The molecule has 1 aliphatic rings. The van der Waals surface area contributed by atoms with Gasteiger partial charge >= 0.3 is 5.97 Å². The number of pyridine rings is 1. The van der Waals surface area contributed by atoms with Gasteiger partial charge in [-0.3, -0.25) is 0 Å².